The average molecular weight is 487 g/mol. The van der Waals surface area contributed by atoms with E-state index in [0.29, 0.717) is 39.9 Å². The third-order valence-electron chi connectivity index (χ3n) is 4.56. The van der Waals surface area contributed by atoms with E-state index in [0.717, 1.165) is 5.56 Å². The Labute approximate surface area is 198 Å². The quantitative estimate of drug-likeness (QED) is 0.389. The Balaban J connectivity index is 1.73. The van der Waals surface area contributed by atoms with E-state index in [-0.39, 0.29) is 11.0 Å². The molecule has 0 unspecified atom stereocenters. The number of nitrogens with zero attached hydrogens (tertiary/aromatic N) is 7. The Hall–Kier alpha value is -3.44. The molecule has 2 heterocycles. The highest BCUT2D eigenvalue weighted by atomic mass is 35.5. The highest BCUT2D eigenvalue weighted by Gasteiger charge is 2.18. The van der Waals surface area contributed by atoms with E-state index >= 15 is 0 Å². The minimum absolute atomic E-state index is 0.00121. The summed E-state index contributed by atoms with van der Waals surface area (Å²) in [6, 6.07) is 11.9. The van der Waals surface area contributed by atoms with Crippen molar-refractivity contribution in [1.29, 1.82) is 0 Å². The van der Waals surface area contributed by atoms with Crippen molar-refractivity contribution in [2.45, 2.75) is 10.9 Å². The largest absolute Gasteiger partial charge is 0.497 e. The van der Waals surface area contributed by atoms with E-state index in [2.05, 4.69) is 25.1 Å². The van der Waals surface area contributed by atoms with Gasteiger partial charge in [-0.1, -0.05) is 23.4 Å². The monoisotopic (exact) mass is 486 g/mol. The summed E-state index contributed by atoms with van der Waals surface area (Å²) in [6.07, 6.45) is 0. The van der Waals surface area contributed by atoms with Gasteiger partial charge >= 0.3 is 0 Å². The number of rotatable bonds is 7. The molecule has 9 nitrogen and oxygen atoms in total. The van der Waals surface area contributed by atoms with Gasteiger partial charge in [0.25, 0.3) is 0 Å². The van der Waals surface area contributed by atoms with Crippen LogP contribution in [0.4, 0.5) is 16.3 Å². The number of aromatic nitrogens is 6. The van der Waals surface area contributed by atoms with Crippen molar-refractivity contribution in [3.8, 4) is 22.8 Å². The molecular weight excluding hydrogens is 467 g/mol. The lowest BCUT2D eigenvalue weighted by atomic mass is 10.2. The SMILES string of the molecule is COc1ccc(-c2nnc(SCc3nc(N)nc(N(C)C)n3)n2-c2ccc(F)c(Cl)c2)cc1. The predicted molar refractivity (Wildman–Crippen MR) is 126 cm³/mol. The summed E-state index contributed by atoms with van der Waals surface area (Å²) in [6.45, 7) is 0. The second-order valence-corrected chi connectivity index (χ2v) is 8.41. The predicted octanol–water partition coefficient (Wildman–Crippen LogP) is 3.86. The lowest BCUT2D eigenvalue weighted by Crippen LogP contribution is -2.16. The summed E-state index contributed by atoms with van der Waals surface area (Å²) in [5.41, 5.74) is 7.25. The van der Waals surface area contributed by atoms with Crippen LogP contribution in [0.3, 0.4) is 0 Å². The first-order valence-corrected chi connectivity index (χ1v) is 11.1. The number of hydrogen-bond acceptors (Lipinski definition) is 9. The van der Waals surface area contributed by atoms with E-state index in [4.69, 9.17) is 22.1 Å². The summed E-state index contributed by atoms with van der Waals surface area (Å²) < 4.78 is 20.9. The summed E-state index contributed by atoms with van der Waals surface area (Å²) in [7, 11) is 5.24. The molecule has 0 saturated heterocycles. The lowest BCUT2D eigenvalue weighted by molar-refractivity contribution is 0.415. The fourth-order valence-electron chi connectivity index (χ4n) is 2.97. The molecule has 170 valence electrons. The normalized spacial score (nSPS) is 10.9. The van der Waals surface area contributed by atoms with Gasteiger partial charge in [-0.15, -0.1) is 10.2 Å². The Morgan fingerprint density at radius 3 is 2.52 bits per heavy atom. The molecule has 0 saturated carbocycles. The molecule has 0 fully saturated rings. The molecule has 0 aliphatic carbocycles. The van der Waals surface area contributed by atoms with E-state index in [9.17, 15) is 4.39 Å². The first-order chi connectivity index (χ1) is 15.9. The van der Waals surface area contributed by atoms with Crippen molar-refractivity contribution in [1.82, 2.24) is 29.7 Å². The van der Waals surface area contributed by atoms with Crippen LogP contribution >= 0.6 is 23.4 Å². The zero-order chi connectivity index (χ0) is 23.5. The van der Waals surface area contributed by atoms with Gasteiger partial charge in [-0.25, -0.2) is 4.39 Å². The average Bonchev–Trinajstić information content (AvgIpc) is 3.23. The van der Waals surface area contributed by atoms with Crippen molar-refractivity contribution >= 4 is 35.3 Å². The van der Waals surface area contributed by atoms with Gasteiger partial charge in [0, 0.05) is 19.7 Å². The van der Waals surface area contributed by atoms with Crippen molar-refractivity contribution < 1.29 is 9.13 Å². The molecule has 33 heavy (non-hydrogen) atoms. The van der Waals surface area contributed by atoms with E-state index in [1.54, 1.807) is 22.6 Å². The number of halogens is 2. The van der Waals surface area contributed by atoms with Gasteiger partial charge in [0.15, 0.2) is 11.0 Å². The molecule has 2 aromatic carbocycles. The fourth-order valence-corrected chi connectivity index (χ4v) is 3.95. The van der Waals surface area contributed by atoms with Crippen LogP contribution < -0.4 is 15.4 Å². The second-order valence-electron chi connectivity index (χ2n) is 7.06. The van der Waals surface area contributed by atoms with Crippen LogP contribution in [-0.2, 0) is 5.75 Å². The number of anilines is 2. The zero-order valence-corrected chi connectivity index (χ0v) is 19.6. The minimum atomic E-state index is -0.509. The molecule has 12 heteroatoms. The number of benzene rings is 2. The van der Waals surface area contributed by atoms with E-state index < -0.39 is 5.82 Å². The molecule has 0 radical (unpaired) electrons. The van der Waals surface area contributed by atoms with Gasteiger partial charge < -0.3 is 15.4 Å². The Morgan fingerprint density at radius 1 is 1.09 bits per heavy atom. The highest BCUT2D eigenvalue weighted by molar-refractivity contribution is 7.98. The molecule has 0 aliphatic heterocycles. The van der Waals surface area contributed by atoms with Crippen LogP contribution in [-0.4, -0.2) is 50.9 Å². The van der Waals surface area contributed by atoms with Gasteiger partial charge in [-0.3, -0.25) is 4.57 Å². The third kappa shape index (κ3) is 4.99. The standard InChI is InChI=1S/C21H20ClFN8OS/c1-30(2)20-26-17(25-19(24)27-20)11-33-21-29-28-18(12-4-7-14(32-3)8-5-12)31(21)13-6-9-16(23)15(22)10-13/h4-10H,11H2,1-3H3,(H2,24,25,26,27). The molecular formula is C21H20ClFN8OS. The van der Waals surface area contributed by atoms with Crippen LogP contribution in [0.2, 0.25) is 5.02 Å². The molecule has 0 spiro atoms. The number of hydrogen-bond donors (Lipinski definition) is 1. The van der Waals surface area contributed by atoms with E-state index in [1.165, 1.54) is 23.9 Å². The van der Waals surface area contributed by atoms with Gasteiger partial charge in [-0.05, 0) is 42.5 Å². The highest BCUT2D eigenvalue weighted by Crippen LogP contribution is 2.31. The Morgan fingerprint density at radius 2 is 1.85 bits per heavy atom. The summed E-state index contributed by atoms with van der Waals surface area (Å²) >= 11 is 7.42. The molecule has 2 aromatic heterocycles. The molecule has 4 rings (SSSR count). The smallest absolute Gasteiger partial charge is 0.229 e. The van der Waals surface area contributed by atoms with Gasteiger partial charge in [0.1, 0.15) is 17.4 Å². The number of thioether (sulfide) groups is 1. The van der Waals surface area contributed by atoms with Crippen LogP contribution in [0.25, 0.3) is 17.1 Å². The topological polar surface area (TPSA) is 108 Å². The number of nitrogens with two attached hydrogens (primary N) is 1. The molecule has 2 N–H and O–H groups in total. The molecule has 0 amide bonds. The Kier molecular flexibility index (Phi) is 6.61. The maximum absolute atomic E-state index is 13.8. The van der Waals surface area contributed by atoms with Crippen LogP contribution in [0.5, 0.6) is 5.75 Å². The van der Waals surface area contributed by atoms with Crippen molar-refractivity contribution in [2.24, 2.45) is 0 Å². The van der Waals surface area contributed by atoms with Crippen LogP contribution in [0.15, 0.2) is 47.6 Å². The van der Waals surface area contributed by atoms with Gasteiger partial charge in [0.2, 0.25) is 11.9 Å². The van der Waals surface area contributed by atoms with Crippen LogP contribution in [0, 0.1) is 5.82 Å². The fraction of sp³-hybridized carbons (Fsp3) is 0.190. The first kappa shape index (κ1) is 22.7. The maximum atomic E-state index is 13.8. The number of methoxy groups -OCH3 is 1. The minimum Gasteiger partial charge on any atom is -0.497 e. The summed E-state index contributed by atoms with van der Waals surface area (Å²) in [5, 5.41) is 9.28. The van der Waals surface area contributed by atoms with Crippen molar-refractivity contribution in [3.05, 3.63) is 59.1 Å². The molecule has 4 aromatic rings. The molecule has 0 aliphatic rings. The molecule has 0 atom stereocenters. The zero-order valence-electron chi connectivity index (χ0n) is 18.0. The van der Waals surface area contributed by atoms with Crippen LogP contribution in [0.1, 0.15) is 5.82 Å². The summed E-state index contributed by atoms with van der Waals surface area (Å²) in [5.74, 6) is 2.22. The number of nitrogen functional groups attached to an aromatic ring is 1. The van der Waals surface area contributed by atoms with Crippen molar-refractivity contribution in [2.75, 3.05) is 31.8 Å². The molecule has 0 bridgehead atoms. The first-order valence-electron chi connectivity index (χ1n) is 9.71. The maximum Gasteiger partial charge on any atom is 0.229 e. The Bertz CT molecular complexity index is 1280. The second kappa shape index (κ2) is 9.59. The van der Waals surface area contributed by atoms with Gasteiger partial charge in [-0.2, -0.15) is 15.0 Å². The third-order valence-corrected chi connectivity index (χ3v) is 5.78. The lowest BCUT2D eigenvalue weighted by Gasteiger charge is -2.12. The van der Waals surface area contributed by atoms with Gasteiger partial charge in [0.05, 0.1) is 23.6 Å². The van der Waals surface area contributed by atoms with Crippen molar-refractivity contribution in [3.63, 3.8) is 0 Å². The summed E-state index contributed by atoms with van der Waals surface area (Å²) in [4.78, 5) is 14.5. The number of ether oxygens (including phenoxy) is 1. The van der Waals surface area contributed by atoms with E-state index in [1.807, 2.05) is 38.4 Å².